The van der Waals surface area contributed by atoms with Gasteiger partial charge in [-0.1, -0.05) is 0 Å². The maximum absolute atomic E-state index is 13.0. The van der Waals surface area contributed by atoms with Crippen LogP contribution in [0.5, 0.6) is 0 Å². The zero-order valence-electron chi connectivity index (χ0n) is 16.4. The highest BCUT2D eigenvalue weighted by molar-refractivity contribution is 7.91. The molecule has 0 aliphatic rings. The minimum atomic E-state index is -4.77. The Morgan fingerprint density at radius 3 is 2.33 bits per heavy atom. The lowest BCUT2D eigenvalue weighted by Crippen LogP contribution is -2.26. The molecule has 174 valence electrons. The molecule has 0 saturated carbocycles. The Morgan fingerprint density at radius 2 is 1.73 bits per heavy atom. The molecule has 3 aromatic rings. The van der Waals surface area contributed by atoms with Crippen LogP contribution in [0.2, 0.25) is 0 Å². The van der Waals surface area contributed by atoms with E-state index >= 15 is 0 Å². The molecule has 0 aliphatic heterocycles. The van der Waals surface area contributed by atoms with E-state index < -0.39 is 57.1 Å². The number of aromatic nitrogens is 2. The SMILES string of the molecule is O=C(COC(=O)Cn1nc(-c2ccc(F)cc2)oc1=O)Nc1ccc(S(=O)(=O)C(F)F)cc1. The van der Waals surface area contributed by atoms with Crippen molar-refractivity contribution in [1.82, 2.24) is 9.78 Å². The van der Waals surface area contributed by atoms with Crippen LogP contribution in [-0.2, 0) is 30.7 Å². The minimum absolute atomic E-state index is 0.0703. The zero-order chi connectivity index (χ0) is 24.2. The van der Waals surface area contributed by atoms with Crippen LogP contribution >= 0.6 is 0 Å². The summed E-state index contributed by atoms with van der Waals surface area (Å²) in [5.41, 5.74) is 0.369. The Balaban J connectivity index is 1.53. The molecule has 1 amide bonds. The molecular formula is C19H14F3N3O7S. The molecule has 0 fully saturated rings. The van der Waals surface area contributed by atoms with Gasteiger partial charge in [-0.3, -0.25) is 9.59 Å². The fourth-order valence-corrected chi connectivity index (χ4v) is 3.18. The molecule has 3 rings (SSSR count). The van der Waals surface area contributed by atoms with E-state index in [1.807, 2.05) is 0 Å². The lowest BCUT2D eigenvalue weighted by Gasteiger charge is -2.08. The Kier molecular flexibility index (Phi) is 6.96. The van der Waals surface area contributed by atoms with Crippen LogP contribution in [0.4, 0.5) is 18.9 Å². The molecule has 0 radical (unpaired) electrons. The molecular weight excluding hydrogens is 471 g/mol. The van der Waals surface area contributed by atoms with Crippen LogP contribution in [0.25, 0.3) is 11.5 Å². The van der Waals surface area contributed by atoms with Gasteiger partial charge in [0.1, 0.15) is 12.4 Å². The number of amides is 1. The normalized spacial score (nSPS) is 11.4. The molecule has 0 spiro atoms. The molecule has 2 aromatic carbocycles. The third-order valence-electron chi connectivity index (χ3n) is 4.04. The van der Waals surface area contributed by atoms with Crippen molar-refractivity contribution in [3.8, 4) is 11.5 Å². The zero-order valence-corrected chi connectivity index (χ0v) is 17.2. The minimum Gasteiger partial charge on any atom is -0.454 e. The van der Waals surface area contributed by atoms with E-state index in [4.69, 9.17) is 9.15 Å². The standard InChI is InChI=1S/C19H14F3N3O7S/c20-12-3-1-11(2-4-12)17-24-25(19(28)32-17)9-16(27)31-10-15(26)23-13-5-7-14(8-6-13)33(29,30)18(21)22/h1-8,18H,9-10H2,(H,23,26). The topological polar surface area (TPSA) is 138 Å². The summed E-state index contributed by atoms with van der Waals surface area (Å²) in [6.07, 6.45) is 0. The highest BCUT2D eigenvalue weighted by atomic mass is 32.2. The van der Waals surface area contributed by atoms with Crippen molar-refractivity contribution in [3.05, 3.63) is 64.9 Å². The summed E-state index contributed by atoms with van der Waals surface area (Å²) in [7, 11) is -4.77. The van der Waals surface area contributed by atoms with Crippen molar-refractivity contribution in [2.24, 2.45) is 0 Å². The van der Waals surface area contributed by atoms with Gasteiger partial charge in [0.25, 0.3) is 5.91 Å². The summed E-state index contributed by atoms with van der Waals surface area (Å²) in [6, 6.07) is 8.85. The van der Waals surface area contributed by atoms with Gasteiger partial charge in [-0.25, -0.2) is 17.6 Å². The first kappa shape index (κ1) is 23.7. The Bertz CT molecular complexity index is 1320. The number of nitrogens with zero attached hydrogens (tertiary/aromatic N) is 2. The number of benzene rings is 2. The lowest BCUT2D eigenvalue weighted by molar-refractivity contribution is -0.148. The van der Waals surface area contributed by atoms with Gasteiger partial charge in [0.05, 0.1) is 4.90 Å². The molecule has 0 saturated heterocycles. The van der Waals surface area contributed by atoms with Crippen molar-refractivity contribution >= 4 is 27.4 Å². The van der Waals surface area contributed by atoms with E-state index in [1.165, 1.54) is 12.1 Å². The van der Waals surface area contributed by atoms with E-state index in [2.05, 4.69) is 10.4 Å². The third kappa shape index (κ3) is 5.85. The lowest BCUT2D eigenvalue weighted by atomic mass is 10.2. The van der Waals surface area contributed by atoms with E-state index in [1.54, 1.807) is 0 Å². The third-order valence-corrected chi connectivity index (χ3v) is 5.44. The summed E-state index contributed by atoms with van der Waals surface area (Å²) in [5.74, 6) is -7.02. The van der Waals surface area contributed by atoms with Crippen LogP contribution in [0.3, 0.4) is 0 Å². The summed E-state index contributed by atoms with van der Waals surface area (Å²) in [4.78, 5) is 35.0. The fourth-order valence-electron chi connectivity index (χ4n) is 2.46. The quantitative estimate of drug-likeness (QED) is 0.477. The average molecular weight is 485 g/mol. The Labute approximate surface area is 183 Å². The number of ether oxygens (including phenoxy) is 1. The summed E-state index contributed by atoms with van der Waals surface area (Å²) < 4.78 is 71.0. The Hall–Kier alpha value is -3.94. The smallest absolute Gasteiger partial charge is 0.437 e. The number of rotatable bonds is 8. The predicted octanol–water partition coefficient (Wildman–Crippen LogP) is 1.82. The van der Waals surface area contributed by atoms with E-state index in [0.717, 1.165) is 36.4 Å². The predicted molar refractivity (Wildman–Crippen MR) is 105 cm³/mol. The van der Waals surface area contributed by atoms with Gasteiger partial charge in [-0.05, 0) is 48.5 Å². The van der Waals surface area contributed by atoms with Crippen molar-refractivity contribution < 1.29 is 40.3 Å². The summed E-state index contributed by atoms with van der Waals surface area (Å²) >= 11 is 0. The van der Waals surface area contributed by atoms with Gasteiger partial charge in [-0.15, -0.1) is 5.10 Å². The van der Waals surface area contributed by atoms with Gasteiger partial charge >= 0.3 is 17.5 Å². The van der Waals surface area contributed by atoms with Crippen LogP contribution in [0.15, 0.2) is 62.6 Å². The number of anilines is 1. The maximum atomic E-state index is 13.0. The highest BCUT2D eigenvalue weighted by Gasteiger charge is 2.26. The number of halogens is 3. The molecule has 10 nitrogen and oxygen atoms in total. The number of carbonyl (C=O) groups excluding carboxylic acids is 2. The molecule has 14 heteroatoms. The largest absolute Gasteiger partial charge is 0.454 e. The molecule has 1 aromatic heterocycles. The molecule has 1 heterocycles. The summed E-state index contributed by atoms with van der Waals surface area (Å²) in [6.45, 7) is -1.43. The van der Waals surface area contributed by atoms with Crippen molar-refractivity contribution in [1.29, 1.82) is 0 Å². The van der Waals surface area contributed by atoms with E-state index in [0.29, 0.717) is 10.2 Å². The van der Waals surface area contributed by atoms with Crippen molar-refractivity contribution in [2.45, 2.75) is 17.2 Å². The van der Waals surface area contributed by atoms with Gasteiger partial charge in [-0.2, -0.15) is 13.5 Å². The number of nitrogens with one attached hydrogen (secondary N) is 1. The van der Waals surface area contributed by atoms with Gasteiger partial charge in [0, 0.05) is 11.3 Å². The molecule has 0 bridgehead atoms. The maximum Gasteiger partial charge on any atom is 0.437 e. The van der Waals surface area contributed by atoms with Gasteiger partial charge in [0.2, 0.25) is 15.7 Å². The van der Waals surface area contributed by atoms with E-state index in [-0.39, 0.29) is 11.6 Å². The van der Waals surface area contributed by atoms with E-state index in [9.17, 15) is 36.0 Å². The Morgan fingerprint density at radius 1 is 1.09 bits per heavy atom. The first-order valence-electron chi connectivity index (χ1n) is 8.98. The first-order chi connectivity index (χ1) is 15.6. The molecule has 33 heavy (non-hydrogen) atoms. The number of sulfone groups is 1. The average Bonchev–Trinajstić information content (AvgIpc) is 3.13. The second kappa shape index (κ2) is 9.68. The molecule has 0 unspecified atom stereocenters. The van der Waals surface area contributed by atoms with Crippen LogP contribution < -0.4 is 11.1 Å². The number of esters is 1. The second-order valence-corrected chi connectivity index (χ2v) is 8.29. The number of carbonyl (C=O) groups is 2. The van der Waals surface area contributed by atoms with Crippen LogP contribution in [-0.4, -0.2) is 42.4 Å². The van der Waals surface area contributed by atoms with Crippen molar-refractivity contribution in [2.75, 3.05) is 11.9 Å². The first-order valence-corrected chi connectivity index (χ1v) is 10.5. The molecule has 0 atom stereocenters. The number of hydrogen-bond acceptors (Lipinski definition) is 8. The summed E-state index contributed by atoms with van der Waals surface area (Å²) in [5, 5.41) is 6.07. The van der Waals surface area contributed by atoms with Gasteiger partial charge < -0.3 is 14.5 Å². The van der Waals surface area contributed by atoms with Crippen molar-refractivity contribution in [3.63, 3.8) is 0 Å². The number of hydrogen-bond donors (Lipinski definition) is 1. The molecule has 1 N–H and O–H groups in total. The molecule has 0 aliphatic carbocycles. The fraction of sp³-hybridized carbons (Fsp3) is 0.158. The van der Waals surface area contributed by atoms with Crippen LogP contribution in [0, 0.1) is 5.82 Å². The second-order valence-electron chi connectivity index (χ2n) is 6.38. The van der Waals surface area contributed by atoms with Crippen LogP contribution in [0.1, 0.15) is 0 Å². The van der Waals surface area contributed by atoms with Gasteiger partial charge in [0.15, 0.2) is 6.61 Å². The monoisotopic (exact) mass is 485 g/mol. The number of alkyl halides is 2. The highest BCUT2D eigenvalue weighted by Crippen LogP contribution is 2.20.